The lowest BCUT2D eigenvalue weighted by Gasteiger charge is -2.10. The van der Waals surface area contributed by atoms with E-state index in [1.54, 1.807) is 38.1 Å². The van der Waals surface area contributed by atoms with Crippen LogP contribution in [-0.2, 0) is 20.8 Å². The smallest absolute Gasteiger partial charge is 0.347 e. The quantitative estimate of drug-likeness (QED) is 0.425. The van der Waals surface area contributed by atoms with Gasteiger partial charge >= 0.3 is 5.97 Å². The molecule has 144 valence electrons. The molecule has 0 aromatic heterocycles. The number of rotatable bonds is 8. The molecule has 0 bridgehead atoms. The monoisotopic (exact) mass is 375 g/mol. The van der Waals surface area contributed by atoms with Crippen molar-refractivity contribution in [2.24, 2.45) is 5.16 Å². The van der Waals surface area contributed by atoms with E-state index in [9.17, 15) is 14.3 Å². The molecule has 0 aliphatic carbocycles. The van der Waals surface area contributed by atoms with Gasteiger partial charge in [-0.05, 0) is 56.2 Å². The molecule has 1 N–H and O–H groups in total. The number of aromatic hydroxyl groups is 1. The van der Waals surface area contributed by atoms with Crippen LogP contribution in [0.15, 0.2) is 41.6 Å². The number of aryl methyl sites for hydroxylation is 1. The number of esters is 1. The fourth-order valence-electron chi connectivity index (χ4n) is 2.23. The van der Waals surface area contributed by atoms with Gasteiger partial charge in [0, 0.05) is 5.56 Å². The Hall–Kier alpha value is -3.09. The fourth-order valence-corrected chi connectivity index (χ4v) is 2.23. The molecule has 0 atom stereocenters. The van der Waals surface area contributed by atoms with E-state index in [1.807, 2.05) is 6.92 Å². The zero-order valence-corrected chi connectivity index (χ0v) is 15.5. The normalized spacial score (nSPS) is 11.2. The SMILES string of the molecule is CCOC(=O)CO/N=C(\C)c1ccc(Oc2ccc(CC)cc2O)c(F)c1. The summed E-state index contributed by atoms with van der Waals surface area (Å²) in [6.45, 7) is 5.22. The van der Waals surface area contributed by atoms with Gasteiger partial charge in [-0.1, -0.05) is 18.1 Å². The Balaban J connectivity index is 2.07. The van der Waals surface area contributed by atoms with Gasteiger partial charge in [-0.3, -0.25) is 0 Å². The summed E-state index contributed by atoms with van der Waals surface area (Å²) in [5.74, 6) is -1.06. The minimum Gasteiger partial charge on any atom is -0.504 e. The minimum atomic E-state index is -0.619. The van der Waals surface area contributed by atoms with Gasteiger partial charge in [-0.15, -0.1) is 0 Å². The number of phenols is 1. The summed E-state index contributed by atoms with van der Waals surface area (Å²) in [6, 6.07) is 9.25. The zero-order valence-electron chi connectivity index (χ0n) is 15.5. The first-order valence-corrected chi connectivity index (χ1v) is 8.56. The number of halogens is 1. The number of carbonyl (C=O) groups is 1. The number of hydrogen-bond acceptors (Lipinski definition) is 6. The van der Waals surface area contributed by atoms with Crippen LogP contribution in [0.25, 0.3) is 0 Å². The van der Waals surface area contributed by atoms with E-state index >= 15 is 0 Å². The van der Waals surface area contributed by atoms with E-state index in [1.165, 1.54) is 12.1 Å². The number of nitrogens with zero attached hydrogens (tertiary/aromatic N) is 1. The molecular weight excluding hydrogens is 353 g/mol. The first-order chi connectivity index (χ1) is 12.9. The first-order valence-electron chi connectivity index (χ1n) is 8.56. The van der Waals surface area contributed by atoms with E-state index in [4.69, 9.17) is 14.3 Å². The number of carbonyl (C=O) groups excluding carboxylic acids is 1. The van der Waals surface area contributed by atoms with Crippen molar-refractivity contribution < 1.29 is 28.6 Å². The highest BCUT2D eigenvalue weighted by molar-refractivity contribution is 5.98. The molecule has 2 aromatic rings. The molecule has 0 fully saturated rings. The second-order valence-corrected chi connectivity index (χ2v) is 5.66. The van der Waals surface area contributed by atoms with Gasteiger partial charge in [0.1, 0.15) is 0 Å². The van der Waals surface area contributed by atoms with Crippen molar-refractivity contribution in [2.45, 2.75) is 27.2 Å². The average Bonchev–Trinajstić information content (AvgIpc) is 2.64. The van der Waals surface area contributed by atoms with Gasteiger partial charge in [-0.2, -0.15) is 0 Å². The predicted octanol–water partition coefficient (Wildman–Crippen LogP) is 4.19. The molecular formula is C20H22FNO5. The third-order valence-corrected chi connectivity index (χ3v) is 3.69. The van der Waals surface area contributed by atoms with Crippen molar-refractivity contribution in [1.82, 2.24) is 0 Å². The van der Waals surface area contributed by atoms with Crippen LogP contribution in [0.4, 0.5) is 4.39 Å². The van der Waals surface area contributed by atoms with Crippen molar-refractivity contribution in [3.8, 4) is 17.2 Å². The number of hydrogen-bond donors (Lipinski definition) is 1. The van der Waals surface area contributed by atoms with Crippen molar-refractivity contribution in [3.05, 3.63) is 53.3 Å². The molecule has 0 aliphatic heterocycles. The topological polar surface area (TPSA) is 77.4 Å². The van der Waals surface area contributed by atoms with Crippen LogP contribution in [0.2, 0.25) is 0 Å². The zero-order chi connectivity index (χ0) is 19.8. The van der Waals surface area contributed by atoms with Crippen LogP contribution in [0.1, 0.15) is 31.9 Å². The molecule has 0 saturated carbocycles. The molecule has 2 aromatic carbocycles. The van der Waals surface area contributed by atoms with Crippen LogP contribution in [0.5, 0.6) is 17.2 Å². The number of oxime groups is 1. The first kappa shape index (κ1) is 20.2. The number of benzene rings is 2. The summed E-state index contributed by atoms with van der Waals surface area (Å²) in [7, 11) is 0. The summed E-state index contributed by atoms with van der Waals surface area (Å²) in [4.78, 5) is 16.1. The molecule has 0 aliphatic rings. The fraction of sp³-hybridized carbons (Fsp3) is 0.300. The second-order valence-electron chi connectivity index (χ2n) is 5.66. The van der Waals surface area contributed by atoms with Gasteiger partial charge in [0.15, 0.2) is 23.1 Å². The van der Waals surface area contributed by atoms with Crippen LogP contribution in [-0.4, -0.2) is 30.0 Å². The van der Waals surface area contributed by atoms with E-state index in [0.29, 0.717) is 11.3 Å². The van der Waals surface area contributed by atoms with E-state index < -0.39 is 11.8 Å². The van der Waals surface area contributed by atoms with Crippen molar-refractivity contribution in [3.63, 3.8) is 0 Å². The highest BCUT2D eigenvalue weighted by Crippen LogP contribution is 2.33. The third-order valence-electron chi connectivity index (χ3n) is 3.69. The Morgan fingerprint density at radius 3 is 2.52 bits per heavy atom. The molecule has 0 amide bonds. The largest absolute Gasteiger partial charge is 0.504 e. The summed E-state index contributed by atoms with van der Waals surface area (Å²) in [5.41, 5.74) is 1.81. The maximum atomic E-state index is 14.3. The number of phenolic OH excluding ortho intramolecular Hbond substituents is 1. The van der Waals surface area contributed by atoms with Crippen LogP contribution in [0, 0.1) is 5.82 Å². The summed E-state index contributed by atoms with van der Waals surface area (Å²) in [6.07, 6.45) is 0.772. The van der Waals surface area contributed by atoms with Crippen LogP contribution < -0.4 is 4.74 Å². The van der Waals surface area contributed by atoms with Gasteiger partial charge in [0.25, 0.3) is 0 Å². The van der Waals surface area contributed by atoms with Crippen molar-refractivity contribution in [1.29, 1.82) is 0 Å². The Bertz CT molecular complexity index is 835. The molecule has 0 unspecified atom stereocenters. The second kappa shape index (κ2) is 9.56. The highest BCUT2D eigenvalue weighted by Gasteiger charge is 2.11. The highest BCUT2D eigenvalue weighted by atomic mass is 19.1. The summed E-state index contributed by atoms with van der Waals surface area (Å²) < 4.78 is 24.5. The molecule has 7 heteroatoms. The molecule has 0 saturated heterocycles. The lowest BCUT2D eigenvalue weighted by molar-refractivity contribution is -0.148. The number of ether oxygens (including phenoxy) is 2. The Kier molecular flexibility index (Phi) is 7.16. The van der Waals surface area contributed by atoms with Crippen LogP contribution >= 0.6 is 0 Å². The molecule has 0 radical (unpaired) electrons. The standard InChI is InChI=1S/C20H22FNO5/c1-4-14-6-8-19(17(23)10-14)27-18-9-7-15(11-16(18)21)13(3)22-26-12-20(24)25-5-2/h6-11,23H,4-5,12H2,1-3H3/b22-13+. The minimum absolute atomic E-state index is 0.0291. The van der Waals surface area contributed by atoms with Crippen LogP contribution in [0.3, 0.4) is 0 Å². The maximum absolute atomic E-state index is 14.3. The molecule has 2 rings (SSSR count). The Morgan fingerprint density at radius 1 is 1.15 bits per heavy atom. The molecule has 0 heterocycles. The molecule has 0 spiro atoms. The lowest BCUT2D eigenvalue weighted by atomic mass is 10.1. The van der Waals surface area contributed by atoms with E-state index in [0.717, 1.165) is 12.0 Å². The van der Waals surface area contributed by atoms with Gasteiger partial charge < -0.3 is 19.4 Å². The van der Waals surface area contributed by atoms with Gasteiger partial charge in [0.2, 0.25) is 6.61 Å². The Morgan fingerprint density at radius 2 is 1.89 bits per heavy atom. The van der Waals surface area contributed by atoms with Gasteiger partial charge in [-0.25, -0.2) is 9.18 Å². The predicted molar refractivity (Wildman–Crippen MR) is 98.8 cm³/mol. The van der Waals surface area contributed by atoms with E-state index in [-0.39, 0.29) is 30.5 Å². The van der Waals surface area contributed by atoms with E-state index in [2.05, 4.69) is 5.16 Å². The summed E-state index contributed by atoms with van der Waals surface area (Å²) >= 11 is 0. The average molecular weight is 375 g/mol. The summed E-state index contributed by atoms with van der Waals surface area (Å²) in [5, 5.41) is 13.7. The lowest BCUT2D eigenvalue weighted by Crippen LogP contribution is -2.11. The maximum Gasteiger partial charge on any atom is 0.347 e. The van der Waals surface area contributed by atoms with Gasteiger partial charge in [0.05, 0.1) is 12.3 Å². The molecule has 6 nitrogen and oxygen atoms in total. The Labute approximate surface area is 157 Å². The van der Waals surface area contributed by atoms with Crippen molar-refractivity contribution >= 4 is 11.7 Å². The third kappa shape index (κ3) is 5.70. The molecule has 27 heavy (non-hydrogen) atoms. The van der Waals surface area contributed by atoms with Crippen molar-refractivity contribution in [2.75, 3.05) is 13.2 Å².